The highest BCUT2D eigenvalue weighted by atomic mass is 32.2. The molecule has 3 unspecified atom stereocenters. The van der Waals surface area contributed by atoms with Gasteiger partial charge in [-0.3, -0.25) is 4.21 Å². The van der Waals surface area contributed by atoms with Gasteiger partial charge in [0, 0.05) is 28.9 Å². The predicted octanol–water partition coefficient (Wildman–Crippen LogP) is 1.92. The Labute approximate surface area is 90.3 Å². The van der Waals surface area contributed by atoms with Gasteiger partial charge in [0.25, 0.3) is 0 Å². The minimum Gasteiger partial charge on any atom is -0.314 e. The minimum absolute atomic E-state index is 0.619. The molecule has 1 N–H and O–H groups in total. The summed E-state index contributed by atoms with van der Waals surface area (Å²) >= 11 is 0. The second-order valence-corrected chi connectivity index (χ2v) is 5.85. The maximum atomic E-state index is 10.8. The van der Waals surface area contributed by atoms with Gasteiger partial charge in [-0.15, -0.1) is 0 Å². The molecular formula is C11H23NOS. The molecule has 0 heterocycles. The van der Waals surface area contributed by atoms with E-state index in [1.54, 1.807) is 6.26 Å². The molecule has 0 bridgehead atoms. The number of nitrogens with one attached hydrogen (secondary N) is 1. The van der Waals surface area contributed by atoms with Crippen molar-refractivity contribution in [2.45, 2.75) is 45.1 Å². The summed E-state index contributed by atoms with van der Waals surface area (Å²) in [7, 11) is -0.619. The largest absolute Gasteiger partial charge is 0.314 e. The maximum Gasteiger partial charge on any atom is 0.0244 e. The van der Waals surface area contributed by atoms with Gasteiger partial charge in [-0.25, -0.2) is 0 Å². The molecule has 1 aliphatic rings. The van der Waals surface area contributed by atoms with Crippen molar-refractivity contribution in [3.63, 3.8) is 0 Å². The first-order valence-electron chi connectivity index (χ1n) is 5.77. The first-order valence-corrected chi connectivity index (χ1v) is 7.50. The molecule has 0 aromatic carbocycles. The van der Waals surface area contributed by atoms with Gasteiger partial charge in [0.05, 0.1) is 0 Å². The van der Waals surface area contributed by atoms with Crippen LogP contribution in [0.15, 0.2) is 0 Å². The Bertz CT molecular complexity index is 184. The van der Waals surface area contributed by atoms with Gasteiger partial charge >= 0.3 is 0 Å². The van der Waals surface area contributed by atoms with Crippen molar-refractivity contribution >= 4 is 10.8 Å². The Hall–Kier alpha value is 0.110. The molecule has 0 aromatic heterocycles. The molecule has 84 valence electrons. The standard InChI is InChI=1S/C11H23NOS/c1-3-10-6-4-7-11(10)12-8-5-9-14(2)13/h10-12H,3-9H2,1-2H3. The predicted molar refractivity (Wildman–Crippen MR) is 63.0 cm³/mol. The maximum absolute atomic E-state index is 10.8. The molecule has 0 aromatic rings. The second kappa shape index (κ2) is 6.57. The number of hydrogen-bond acceptors (Lipinski definition) is 2. The molecule has 0 radical (unpaired) electrons. The Morgan fingerprint density at radius 1 is 1.43 bits per heavy atom. The molecule has 1 fully saturated rings. The van der Waals surface area contributed by atoms with Gasteiger partial charge in [0.15, 0.2) is 0 Å². The van der Waals surface area contributed by atoms with Gasteiger partial charge in [0.2, 0.25) is 0 Å². The minimum atomic E-state index is -0.619. The summed E-state index contributed by atoms with van der Waals surface area (Å²) in [5, 5.41) is 3.60. The van der Waals surface area contributed by atoms with Crippen LogP contribution in [0, 0.1) is 5.92 Å². The van der Waals surface area contributed by atoms with E-state index in [-0.39, 0.29) is 0 Å². The van der Waals surface area contributed by atoms with Crippen LogP contribution >= 0.6 is 0 Å². The molecule has 1 rings (SSSR count). The molecule has 1 aliphatic carbocycles. The van der Waals surface area contributed by atoms with E-state index in [2.05, 4.69) is 12.2 Å². The van der Waals surface area contributed by atoms with Gasteiger partial charge in [-0.2, -0.15) is 0 Å². The van der Waals surface area contributed by atoms with Gasteiger partial charge in [0.1, 0.15) is 0 Å². The number of rotatable bonds is 6. The lowest BCUT2D eigenvalue weighted by molar-refractivity contribution is 0.392. The Balaban J connectivity index is 2.08. The van der Waals surface area contributed by atoms with E-state index >= 15 is 0 Å². The van der Waals surface area contributed by atoms with Crippen LogP contribution in [0.1, 0.15) is 39.0 Å². The summed E-state index contributed by atoms with van der Waals surface area (Å²) in [5.74, 6) is 1.73. The Morgan fingerprint density at radius 2 is 2.21 bits per heavy atom. The summed E-state index contributed by atoms with van der Waals surface area (Å²) < 4.78 is 10.8. The van der Waals surface area contributed by atoms with E-state index in [1.165, 1.54) is 25.7 Å². The van der Waals surface area contributed by atoms with Crippen molar-refractivity contribution in [1.82, 2.24) is 5.32 Å². The molecule has 1 saturated carbocycles. The lowest BCUT2D eigenvalue weighted by Crippen LogP contribution is -2.33. The monoisotopic (exact) mass is 217 g/mol. The van der Waals surface area contributed by atoms with Gasteiger partial charge in [-0.1, -0.05) is 19.8 Å². The van der Waals surface area contributed by atoms with Crippen molar-refractivity contribution < 1.29 is 4.21 Å². The zero-order valence-electron chi connectivity index (χ0n) is 9.42. The fourth-order valence-corrected chi connectivity index (χ4v) is 2.91. The molecule has 3 heteroatoms. The van der Waals surface area contributed by atoms with Crippen LogP contribution in [0.2, 0.25) is 0 Å². The van der Waals surface area contributed by atoms with Crippen molar-refractivity contribution in [1.29, 1.82) is 0 Å². The Kier molecular flexibility index (Phi) is 5.71. The topological polar surface area (TPSA) is 29.1 Å². The van der Waals surface area contributed by atoms with E-state index in [0.29, 0.717) is 0 Å². The van der Waals surface area contributed by atoms with Crippen molar-refractivity contribution in [2.24, 2.45) is 5.92 Å². The lowest BCUT2D eigenvalue weighted by Gasteiger charge is -2.19. The molecule has 3 atom stereocenters. The zero-order chi connectivity index (χ0) is 10.4. The summed E-state index contributed by atoms with van der Waals surface area (Å²) in [5.41, 5.74) is 0. The molecule has 0 spiro atoms. The molecule has 0 aliphatic heterocycles. The molecule has 14 heavy (non-hydrogen) atoms. The number of hydrogen-bond donors (Lipinski definition) is 1. The van der Waals surface area contributed by atoms with E-state index < -0.39 is 10.8 Å². The van der Waals surface area contributed by atoms with Crippen LogP contribution in [0.5, 0.6) is 0 Å². The van der Waals surface area contributed by atoms with Crippen LogP contribution in [0.25, 0.3) is 0 Å². The fourth-order valence-electron chi connectivity index (χ4n) is 2.36. The molecule has 2 nitrogen and oxygen atoms in total. The van der Waals surface area contributed by atoms with Crippen LogP contribution in [-0.2, 0) is 10.8 Å². The van der Waals surface area contributed by atoms with E-state index in [1.807, 2.05) is 0 Å². The fraction of sp³-hybridized carbons (Fsp3) is 1.00. The van der Waals surface area contributed by atoms with Crippen LogP contribution < -0.4 is 5.32 Å². The first-order chi connectivity index (χ1) is 6.74. The molecule has 0 amide bonds. The first kappa shape index (κ1) is 12.2. The smallest absolute Gasteiger partial charge is 0.0244 e. The Morgan fingerprint density at radius 3 is 2.86 bits per heavy atom. The summed E-state index contributed by atoms with van der Waals surface area (Å²) in [6.45, 7) is 3.33. The molecule has 0 saturated heterocycles. The third-order valence-electron chi connectivity index (χ3n) is 3.20. The highest BCUT2D eigenvalue weighted by molar-refractivity contribution is 7.84. The van der Waals surface area contributed by atoms with E-state index in [4.69, 9.17) is 0 Å². The zero-order valence-corrected chi connectivity index (χ0v) is 10.2. The summed E-state index contributed by atoms with van der Waals surface area (Å²) in [4.78, 5) is 0. The van der Waals surface area contributed by atoms with Gasteiger partial charge < -0.3 is 5.32 Å². The SMILES string of the molecule is CCC1CCCC1NCCCS(C)=O. The second-order valence-electron chi connectivity index (χ2n) is 4.29. The van der Waals surface area contributed by atoms with Crippen molar-refractivity contribution in [2.75, 3.05) is 18.6 Å². The highest BCUT2D eigenvalue weighted by Crippen LogP contribution is 2.27. The highest BCUT2D eigenvalue weighted by Gasteiger charge is 2.24. The van der Waals surface area contributed by atoms with Crippen LogP contribution in [0.3, 0.4) is 0 Å². The van der Waals surface area contributed by atoms with Crippen LogP contribution in [-0.4, -0.2) is 28.8 Å². The van der Waals surface area contributed by atoms with Crippen LogP contribution in [0.4, 0.5) is 0 Å². The van der Waals surface area contributed by atoms with E-state index in [0.717, 1.165) is 30.7 Å². The normalized spacial score (nSPS) is 29.3. The average Bonchev–Trinajstić information content (AvgIpc) is 2.59. The van der Waals surface area contributed by atoms with Crippen molar-refractivity contribution in [3.8, 4) is 0 Å². The average molecular weight is 217 g/mol. The quantitative estimate of drug-likeness (QED) is 0.689. The third-order valence-corrected chi connectivity index (χ3v) is 4.06. The summed E-state index contributed by atoms with van der Waals surface area (Å²) in [6, 6.07) is 0.741. The third kappa shape index (κ3) is 4.09. The van der Waals surface area contributed by atoms with Gasteiger partial charge in [-0.05, 0) is 31.7 Å². The molecular weight excluding hydrogens is 194 g/mol. The van der Waals surface area contributed by atoms with E-state index in [9.17, 15) is 4.21 Å². The van der Waals surface area contributed by atoms with Crippen molar-refractivity contribution in [3.05, 3.63) is 0 Å². The lowest BCUT2D eigenvalue weighted by atomic mass is 10.0. The summed E-state index contributed by atoms with van der Waals surface area (Å²) in [6.07, 6.45) is 8.26.